The van der Waals surface area contributed by atoms with Crippen molar-refractivity contribution in [1.82, 2.24) is 0 Å². The SMILES string of the molecule is C=CC(=O)OCCC[Si](CC)(OC)OC. The molecule has 0 bridgehead atoms. The Morgan fingerprint density at radius 2 is 2.00 bits per heavy atom. The van der Waals surface area contributed by atoms with Gasteiger partial charge in [-0.2, -0.15) is 0 Å². The van der Waals surface area contributed by atoms with Crippen LogP contribution in [-0.4, -0.2) is 35.4 Å². The van der Waals surface area contributed by atoms with E-state index in [1.165, 1.54) is 0 Å². The lowest BCUT2D eigenvalue weighted by Gasteiger charge is -2.25. The molecule has 0 radical (unpaired) electrons. The molecule has 0 unspecified atom stereocenters. The summed E-state index contributed by atoms with van der Waals surface area (Å²) in [6.07, 6.45) is 1.93. The molecule has 0 heterocycles. The van der Waals surface area contributed by atoms with Crippen LogP contribution in [0.4, 0.5) is 0 Å². The van der Waals surface area contributed by atoms with E-state index in [-0.39, 0.29) is 5.97 Å². The van der Waals surface area contributed by atoms with E-state index in [4.69, 9.17) is 13.6 Å². The molecule has 0 aliphatic rings. The molecule has 0 N–H and O–H groups in total. The Hall–Kier alpha value is -0.653. The molecule has 5 heteroatoms. The van der Waals surface area contributed by atoms with Gasteiger partial charge in [0.1, 0.15) is 0 Å². The van der Waals surface area contributed by atoms with E-state index < -0.39 is 8.56 Å². The van der Waals surface area contributed by atoms with E-state index >= 15 is 0 Å². The van der Waals surface area contributed by atoms with Crippen LogP contribution in [-0.2, 0) is 18.4 Å². The van der Waals surface area contributed by atoms with Crippen molar-refractivity contribution in [2.45, 2.75) is 25.4 Å². The van der Waals surface area contributed by atoms with Crippen LogP contribution in [0.15, 0.2) is 12.7 Å². The van der Waals surface area contributed by atoms with Gasteiger partial charge in [-0.15, -0.1) is 0 Å². The minimum absolute atomic E-state index is 0.381. The third-order valence-electron chi connectivity index (χ3n) is 2.40. The second-order valence-corrected chi connectivity index (χ2v) is 6.99. The third kappa shape index (κ3) is 5.11. The van der Waals surface area contributed by atoms with Gasteiger partial charge in [-0.1, -0.05) is 13.5 Å². The Bertz CT molecular complexity index is 193. The maximum atomic E-state index is 10.8. The van der Waals surface area contributed by atoms with E-state index in [9.17, 15) is 4.79 Å². The van der Waals surface area contributed by atoms with Crippen molar-refractivity contribution < 1.29 is 18.4 Å². The van der Waals surface area contributed by atoms with Gasteiger partial charge in [-0.05, 0) is 18.5 Å². The smallest absolute Gasteiger partial charge is 0.337 e. The number of hydrogen-bond acceptors (Lipinski definition) is 4. The van der Waals surface area contributed by atoms with Crippen LogP contribution in [0.2, 0.25) is 12.1 Å². The van der Waals surface area contributed by atoms with Crippen molar-refractivity contribution in [3.05, 3.63) is 12.7 Å². The van der Waals surface area contributed by atoms with Crippen molar-refractivity contribution in [3.63, 3.8) is 0 Å². The molecular weight excluding hydrogens is 212 g/mol. The van der Waals surface area contributed by atoms with Crippen LogP contribution in [0.25, 0.3) is 0 Å². The number of ether oxygens (including phenoxy) is 1. The molecule has 0 aromatic rings. The first-order valence-corrected chi connectivity index (χ1v) is 7.26. The molecule has 88 valence electrons. The molecular formula is C10H20O4Si. The van der Waals surface area contributed by atoms with E-state index in [1.807, 2.05) is 0 Å². The number of hydrogen-bond donors (Lipinski definition) is 0. The molecule has 0 rings (SSSR count). The Balaban J connectivity index is 3.81. The summed E-state index contributed by atoms with van der Waals surface area (Å²) in [6.45, 7) is 5.77. The summed E-state index contributed by atoms with van der Waals surface area (Å²) in [4.78, 5) is 10.8. The minimum atomic E-state index is -2.02. The predicted molar refractivity (Wildman–Crippen MR) is 60.8 cm³/mol. The Kier molecular flexibility index (Phi) is 7.28. The largest absolute Gasteiger partial charge is 0.463 e. The molecule has 0 spiro atoms. The molecule has 0 saturated heterocycles. The fourth-order valence-electron chi connectivity index (χ4n) is 1.33. The van der Waals surface area contributed by atoms with Gasteiger partial charge in [-0.3, -0.25) is 0 Å². The zero-order valence-electron chi connectivity index (χ0n) is 9.75. The summed E-state index contributed by atoms with van der Waals surface area (Å²) in [5.74, 6) is -0.381. The van der Waals surface area contributed by atoms with Gasteiger partial charge in [0.05, 0.1) is 6.61 Å². The molecule has 0 aromatic carbocycles. The molecule has 0 fully saturated rings. The monoisotopic (exact) mass is 232 g/mol. The highest BCUT2D eigenvalue weighted by Crippen LogP contribution is 2.18. The minimum Gasteiger partial charge on any atom is -0.463 e. The third-order valence-corrected chi connectivity index (χ3v) is 6.08. The van der Waals surface area contributed by atoms with Crippen LogP contribution in [0, 0.1) is 0 Å². The van der Waals surface area contributed by atoms with E-state index in [2.05, 4.69) is 13.5 Å². The van der Waals surface area contributed by atoms with Crippen LogP contribution in [0.1, 0.15) is 13.3 Å². The van der Waals surface area contributed by atoms with Crippen molar-refractivity contribution in [1.29, 1.82) is 0 Å². The van der Waals surface area contributed by atoms with Gasteiger partial charge < -0.3 is 13.6 Å². The van der Waals surface area contributed by atoms with E-state index in [1.54, 1.807) is 14.2 Å². The topological polar surface area (TPSA) is 44.8 Å². The fraction of sp³-hybridized carbons (Fsp3) is 0.700. The second-order valence-electron chi connectivity index (χ2n) is 3.15. The molecule has 0 aromatic heterocycles. The summed E-state index contributed by atoms with van der Waals surface area (Å²) < 4.78 is 15.7. The van der Waals surface area contributed by atoms with Crippen LogP contribution in [0.5, 0.6) is 0 Å². The molecule has 0 amide bonds. The summed E-state index contributed by atoms with van der Waals surface area (Å²) in [7, 11) is 1.33. The van der Waals surface area contributed by atoms with E-state index in [0.717, 1.165) is 24.6 Å². The summed E-state index contributed by atoms with van der Waals surface area (Å²) in [6, 6.07) is 1.73. The lowest BCUT2D eigenvalue weighted by Crippen LogP contribution is -2.39. The van der Waals surface area contributed by atoms with Gasteiger partial charge in [-0.25, -0.2) is 4.79 Å². The van der Waals surface area contributed by atoms with Crippen molar-refractivity contribution in [2.24, 2.45) is 0 Å². The van der Waals surface area contributed by atoms with Gasteiger partial charge in [0.2, 0.25) is 0 Å². The van der Waals surface area contributed by atoms with E-state index in [0.29, 0.717) is 6.61 Å². The molecule has 0 aliphatic heterocycles. The Morgan fingerprint density at radius 1 is 1.40 bits per heavy atom. The highest BCUT2D eigenvalue weighted by molar-refractivity contribution is 6.67. The fourth-order valence-corrected chi connectivity index (χ4v) is 3.51. The van der Waals surface area contributed by atoms with Gasteiger partial charge in [0.15, 0.2) is 0 Å². The van der Waals surface area contributed by atoms with Crippen LogP contribution < -0.4 is 0 Å². The maximum absolute atomic E-state index is 10.8. The maximum Gasteiger partial charge on any atom is 0.337 e. The molecule has 0 aliphatic carbocycles. The normalized spacial score (nSPS) is 11.1. The summed E-state index contributed by atoms with van der Waals surface area (Å²) >= 11 is 0. The predicted octanol–water partition coefficient (Wildman–Crippen LogP) is 1.86. The summed E-state index contributed by atoms with van der Waals surface area (Å²) in [5, 5.41) is 0. The zero-order valence-corrected chi connectivity index (χ0v) is 10.7. The highest BCUT2D eigenvalue weighted by atomic mass is 28.4. The Labute approximate surface area is 92.5 Å². The van der Waals surface area contributed by atoms with Crippen molar-refractivity contribution in [2.75, 3.05) is 20.8 Å². The number of carbonyl (C=O) groups is 1. The van der Waals surface area contributed by atoms with Gasteiger partial charge in [0.25, 0.3) is 0 Å². The molecule has 15 heavy (non-hydrogen) atoms. The standard InChI is InChI=1S/C10H20O4Si/c1-5-10(11)14-8-7-9-15(6-2,12-3)13-4/h5H,1,6-9H2,2-4H3. The number of esters is 1. The quantitative estimate of drug-likeness (QED) is 0.277. The summed E-state index contributed by atoms with van der Waals surface area (Å²) in [5.41, 5.74) is 0. The molecule has 4 nitrogen and oxygen atoms in total. The van der Waals surface area contributed by atoms with Crippen molar-refractivity contribution >= 4 is 14.5 Å². The Morgan fingerprint density at radius 3 is 2.40 bits per heavy atom. The molecule has 0 saturated carbocycles. The average molecular weight is 232 g/mol. The molecule has 0 atom stereocenters. The zero-order chi connectivity index (χ0) is 11.7. The first-order valence-electron chi connectivity index (χ1n) is 5.03. The van der Waals surface area contributed by atoms with Gasteiger partial charge in [0, 0.05) is 20.3 Å². The highest BCUT2D eigenvalue weighted by Gasteiger charge is 2.32. The lowest BCUT2D eigenvalue weighted by atomic mass is 10.5. The number of carbonyl (C=O) groups excluding carboxylic acids is 1. The first-order chi connectivity index (χ1) is 7.14. The lowest BCUT2D eigenvalue weighted by molar-refractivity contribution is -0.137. The van der Waals surface area contributed by atoms with Gasteiger partial charge >= 0.3 is 14.5 Å². The van der Waals surface area contributed by atoms with Crippen LogP contribution >= 0.6 is 0 Å². The van der Waals surface area contributed by atoms with Crippen molar-refractivity contribution in [3.8, 4) is 0 Å². The van der Waals surface area contributed by atoms with Crippen LogP contribution in [0.3, 0.4) is 0 Å². The first kappa shape index (κ1) is 14.3. The number of rotatable bonds is 8. The second kappa shape index (κ2) is 7.61. The average Bonchev–Trinajstić information content (AvgIpc) is 2.30.